The Morgan fingerprint density at radius 3 is 2.50 bits per heavy atom. The van der Waals surface area contributed by atoms with Gasteiger partial charge >= 0.3 is 0 Å². The molecule has 0 unspecified atom stereocenters. The molecule has 1 heterocycles. The number of primary amides is 1. The number of nitrogens with one attached hydrogen (secondary N) is 2. The molecule has 3 aromatic rings. The topological polar surface area (TPSA) is 140 Å². The number of aromatic nitrogens is 1. The number of carbonyl (C=O) groups excluding carboxylic acids is 2. The van der Waals surface area contributed by atoms with E-state index in [0.717, 1.165) is 4.21 Å². The second kappa shape index (κ2) is 10.0. The average Bonchev–Trinajstić information content (AvgIpc) is 3.11. The SMILES string of the molecule is COc1ccccc1NS(=O)(=O)c1ccc(C(=O)Nc2nc(C)c(SCC(N)=O)s2)cc1. The van der Waals surface area contributed by atoms with Gasteiger partial charge in [0.15, 0.2) is 5.13 Å². The van der Waals surface area contributed by atoms with Gasteiger partial charge in [-0.2, -0.15) is 0 Å². The van der Waals surface area contributed by atoms with E-state index < -0.39 is 21.8 Å². The summed E-state index contributed by atoms with van der Waals surface area (Å²) in [5, 5.41) is 3.05. The van der Waals surface area contributed by atoms with Gasteiger partial charge in [-0.25, -0.2) is 13.4 Å². The van der Waals surface area contributed by atoms with E-state index >= 15 is 0 Å². The standard InChI is InChI=1S/C20H20N4O5S3/c1-12-19(30-11-17(21)25)31-20(22-12)23-18(26)13-7-9-14(10-8-13)32(27,28)24-15-5-3-4-6-16(15)29-2/h3-10,24H,11H2,1-2H3,(H2,21,25)(H,22,23,26). The summed E-state index contributed by atoms with van der Waals surface area (Å²) in [6.45, 7) is 1.77. The monoisotopic (exact) mass is 492 g/mol. The van der Waals surface area contributed by atoms with Gasteiger partial charge in [0.25, 0.3) is 15.9 Å². The van der Waals surface area contributed by atoms with Crippen molar-refractivity contribution < 1.29 is 22.7 Å². The largest absolute Gasteiger partial charge is 0.495 e. The smallest absolute Gasteiger partial charge is 0.262 e. The Hall–Kier alpha value is -3.09. The molecule has 2 amide bonds. The highest BCUT2D eigenvalue weighted by Gasteiger charge is 2.18. The van der Waals surface area contributed by atoms with Gasteiger partial charge in [0.2, 0.25) is 5.91 Å². The van der Waals surface area contributed by atoms with Gasteiger partial charge in [-0.3, -0.25) is 19.6 Å². The third-order valence-electron chi connectivity index (χ3n) is 4.10. The van der Waals surface area contributed by atoms with Crippen LogP contribution >= 0.6 is 23.1 Å². The molecule has 0 spiro atoms. The van der Waals surface area contributed by atoms with Crippen molar-refractivity contribution in [3.8, 4) is 5.75 Å². The molecule has 9 nitrogen and oxygen atoms in total. The number of carbonyl (C=O) groups is 2. The normalized spacial score (nSPS) is 11.1. The van der Waals surface area contributed by atoms with Gasteiger partial charge in [-0.15, -0.1) is 11.8 Å². The highest BCUT2D eigenvalue weighted by Crippen LogP contribution is 2.32. The maximum atomic E-state index is 12.7. The summed E-state index contributed by atoms with van der Waals surface area (Å²) in [5.41, 5.74) is 6.41. The summed E-state index contributed by atoms with van der Waals surface area (Å²) in [6, 6.07) is 12.2. The van der Waals surface area contributed by atoms with E-state index in [1.165, 1.54) is 54.5 Å². The van der Waals surface area contributed by atoms with E-state index in [1.807, 2.05) is 0 Å². The fraction of sp³-hybridized carbons (Fsp3) is 0.150. The van der Waals surface area contributed by atoms with Crippen LogP contribution in [-0.2, 0) is 14.8 Å². The molecule has 0 saturated heterocycles. The summed E-state index contributed by atoms with van der Waals surface area (Å²) in [5.74, 6) is -0.371. The number of methoxy groups -OCH3 is 1. The Morgan fingerprint density at radius 1 is 1.16 bits per heavy atom. The average molecular weight is 493 g/mol. The number of aryl methyl sites for hydroxylation is 1. The van der Waals surface area contributed by atoms with E-state index in [0.29, 0.717) is 22.3 Å². The molecule has 3 rings (SSSR count). The van der Waals surface area contributed by atoms with Gasteiger partial charge in [0, 0.05) is 5.56 Å². The van der Waals surface area contributed by atoms with Crippen molar-refractivity contribution in [1.82, 2.24) is 4.98 Å². The molecular weight excluding hydrogens is 472 g/mol. The van der Waals surface area contributed by atoms with E-state index in [-0.39, 0.29) is 16.2 Å². The maximum absolute atomic E-state index is 12.7. The number of thioether (sulfide) groups is 1. The number of hydrogen-bond donors (Lipinski definition) is 3. The second-order valence-electron chi connectivity index (χ2n) is 6.43. The molecule has 0 aliphatic carbocycles. The first-order chi connectivity index (χ1) is 15.2. The number of thiazole rings is 1. The summed E-state index contributed by atoms with van der Waals surface area (Å²) >= 11 is 2.49. The lowest BCUT2D eigenvalue weighted by Crippen LogP contribution is -2.15. The van der Waals surface area contributed by atoms with Crippen molar-refractivity contribution in [3.63, 3.8) is 0 Å². The predicted octanol–water partition coefficient (Wildman–Crippen LogP) is 3.09. The first kappa shape index (κ1) is 23.6. The highest BCUT2D eigenvalue weighted by molar-refractivity contribution is 8.01. The van der Waals surface area contributed by atoms with E-state index in [1.54, 1.807) is 31.2 Å². The van der Waals surface area contributed by atoms with Gasteiger partial charge in [-0.1, -0.05) is 23.5 Å². The van der Waals surface area contributed by atoms with Gasteiger partial charge < -0.3 is 10.5 Å². The molecule has 0 atom stereocenters. The molecule has 0 fully saturated rings. The minimum absolute atomic E-state index is 0.00446. The van der Waals surface area contributed by atoms with E-state index in [9.17, 15) is 18.0 Å². The fourth-order valence-electron chi connectivity index (χ4n) is 2.59. The van der Waals surface area contributed by atoms with Crippen molar-refractivity contribution >= 4 is 55.8 Å². The summed E-state index contributed by atoms with van der Waals surface area (Å²) in [7, 11) is -2.43. The number of rotatable bonds is 9. The molecular formula is C20H20N4O5S3. The Bertz CT molecular complexity index is 1240. The number of anilines is 2. The molecule has 0 aliphatic rings. The number of para-hydroxylation sites is 2. The third kappa shape index (κ3) is 5.78. The maximum Gasteiger partial charge on any atom is 0.262 e. The van der Waals surface area contributed by atoms with Crippen LogP contribution in [0.2, 0.25) is 0 Å². The second-order valence-corrected chi connectivity index (χ2v) is 10.4. The van der Waals surface area contributed by atoms with Crippen LogP contribution in [0.5, 0.6) is 5.75 Å². The Kier molecular flexibility index (Phi) is 7.38. The Labute approximate surface area is 193 Å². The molecule has 0 saturated carbocycles. The lowest BCUT2D eigenvalue weighted by Gasteiger charge is -2.12. The van der Waals surface area contributed by atoms with E-state index in [4.69, 9.17) is 10.5 Å². The van der Waals surface area contributed by atoms with Crippen LogP contribution in [0.3, 0.4) is 0 Å². The summed E-state index contributed by atoms with van der Waals surface area (Å²) in [6.07, 6.45) is 0. The first-order valence-electron chi connectivity index (χ1n) is 9.15. The lowest BCUT2D eigenvalue weighted by atomic mass is 10.2. The van der Waals surface area contributed by atoms with Crippen LogP contribution in [0.1, 0.15) is 16.1 Å². The minimum atomic E-state index is -3.88. The summed E-state index contributed by atoms with van der Waals surface area (Å²) in [4.78, 5) is 27.7. The number of ether oxygens (including phenoxy) is 1. The molecule has 0 aliphatic heterocycles. The molecule has 4 N–H and O–H groups in total. The number of hydrogen-bond acceptors (Lipinski definition) is 8. The Balaban J connectivity index is 1.70. The van der Waals surface area contributed by atoms with Gasteiger partial charge in [0.1, 0.15) is 5.75 Å². The highest BCUT2D eigenvalue weighted by atomic mass is 32.2. The van der Waals surface area contributed by atoms with Crippen molar-refractivity contribution in [2.75, 3.05) is 22.9 Å². The number of nitrogens with two attached hydrogens (primary N) is 1. The molecule has 32 heavy (non-hydrogen) atoms. The molecule has 0 radical (unpaired) electrons. The fourth-order valence-corrected chi connectivity index (χ4v) is 5.54. The van der Waals surface area contributed by atoms with Crippen molar-refractivity contribution in [2.24, 2.45) is 5.73 Å². The van der Waals surface area contributed by atoms with Crippen LogP contribution in [0.15, 0.2) is 57.6 Å². The van der Waals surface area contributed by atoms with Crippen molar-refractivity contribution in [1.29, 1.82) is 0 Å². The molecule has 168 valence electrons. The third-order valence-corrected chi connectivity index (χ3v) is 7.94. The zero-order chi connectivity index (χ0) is 23.3. The molecule has 2 aromatic carbocycles. The summed E-state index contributed by atoms with van der Waals surface area (Å²) < 4.78 is 33.8. The lowest BCUT2D eigenvalue weighted by molar-refractivity contribution is -0.115. The molecule has 0 bridgehead atoms. The number of amides is 2. The number of sulfonamides is 1. The zero-order valence-electron chi connectivity index (χ0n) is 17.1. The van der Waals surface area contributed by atoms with Crippen LogP contribution in [-0.4, -0.2) is 38.1 Å². The van der Waals surface area contributed by atoms with Crippen LogP contribution in [0, 0.1) is 6.92 Å². The quantitative estimate of drug-likeness (QED) is 0.390. The number of benzene rings is 2. The van der Waals surface area contributed by atoms with Gasteiger partial charge in [0.05, 0.1) is 33.3 Å². The van der Waals surface area contributed by atoms with Gasteiger partial charge in [-0.05, 0) is 43.3 Å². The predicted molar refractivity (Wildman–Crippen MR) is 125 cm³/mol. The van der Waals surface area contributed by atoms with E-state index in [2.05, 4.69) is 15.0 Å². The van der Waals surface area contributed by atoms with Crippen LogP contribution < -0.4 is 20.5 Å². The zero-order valence-corrected chi connectivity index (χ0v) is 19.6. The Morgan fingerprint density at radius 2 is 1.84 bits per heavy atom. The minimum Gasteiger partial charge on any atom is -0.495 e. The first-order valence-corrected chi connectivity index (χ1v) is 12.4. The van der Waals surface area contributed by atoms with Crippen molar-refractivity contribution in [3.05, 3.63) is 59.8 Å². The molecule has 12 heteroatoms. The molecule has 1 aromatic heterocycles. The van der Waals surface area contributed by atoms with Crippen LogP contribution in [0.4, 0.5) is 10.8 Å². The van der Waals surface area contributed by atoms with Crippen molar-refractivity contribution in [2.45, 2.75) is 16.0 Å². The number of nitrogens with zero attached hydrogens (tertiary/aromatic N) is 1. The van der Waals surface area contributed by atoms with Crippen LogP contribution in [0.25, 0.3) is 0 Å².